The van der Waals surface area contributed by atoms with Crippen LogP contribution in [-0.4, -0.2) is 33.3 Å². The Balaban J connectivity index is 2.04. The summed E-state index contributed by atoms with van der Waals surface area (Å²) in [5.41, 5.74) is 3.12. The van der Waals surface area contributed by atoms with E-state index in [0.717, 1.165) is 17.0 Å². The molecule has 116 valence electrons. The normalized spacial score (nSPS) is 12.1. The minimum atomic E-state index is -3.00. The molecule has 0 fully saturated rings. The van der Waals surface area contributed by atoms with Crippen molar-refractivity contribution in [2.45, 2.75) is 26.5 Å². The van der Waals surface area contributed by atoms with Crippen LogP contribution in [-0.2, 0) is 19.4 Å². The molecule has 2 aromatic heterocycles. The van der Waals surface area contributed by atoms with Gasteiger partial charge in [0.05, 0.1) is 30.6 Å². The highest BCUT2D eigenvalue weighted by atomic mass is 32.2. The van der Waals surface area contributed by atoms with Gasteiger partial charge in [-0.2, -0.15) is 5.10 Å². The Hall–Kier alpha value is -0.880. The molecule has 0 atom stereocenters. The van der Waals surface area contributed by atoms with E-state index < -0.39 is 7.60 Å². The molecule has 2 rings (SSSR count). The first-order chi connectivity index (χ1) is 10.1. The molecule has 0 saturated carbocycles. The Morgan fingerprint density at radius 1 is 1.33 bits per heavy atom. The predicted octanol–water partition coefficient (Wildman–Crippen LogP) is 3.49. The summed E-state index contributed by atoms with van der Waals surface area (Å²) >= 11 is 1.52. The summed E-state index contributed by atoms with van der Waals surface area (Å²) in [6.45, 7) is 6.35. The van der Waals surface area contributed by atoms with Crippen LogP contribution < -0.4 is 0 Å². The van der Waals surface area contributed by atoms with E-state index in [1.807, 2.05) is 32.9 Å². The summed E-state index contributed by atoms with van der Waals surface area (Å²) in [4.78, 5) is 4.40. The maximum atomic E-state index is 12.4. The average molecular weight is 329 g/mol. The fourth-order valence-electron chi connectivity index (χ4n) is 1.99. The summed E-state index contributed by atoms with van der Waals surface area (Å²) in [5.74, 6) is 0.672. The van der Waals surface area contributed by atoms with E-state index in [-0.39, 0.29) is 0 Å². The zero-order chi connectivity index (χ0) is 15.3. The van der Waals surface area contributed by atoms with Crippen molar-refractivity contribution in [1.29, 1.82) is 0 Å². The number of hydrogen-bond acceptors (Lipinski definition) is 6. The molecule has 6 nitrogen and oxygen atoms in total. The minimum Gasteiger partial charge on any atom is -0.308 e. The van der Waals surface area contributed by atoms with Gasteiger partial charge in [0.25, 0.3) is 0 Å². The number of aromatic nitrogens is 3. The Morgan fingerprint density at radius 2 is 2.05 bits per heavy atom. The minimum absolute atomic E-state index is 0.332. The Kier molecular flexibility index (Phi) is 5.81. The summed E-state index contributed by atoms with van der Waals surface area (Å²) in [6.07, 6.45) is 1.72. The van der Waals surface area contributed by atoms with E-state index >= 15 is 0 Å². The van der Waals surface area contributed by atoms with Crippen molar-refractivity contribution in [3.8, 4) is 0 Å². The van der Waals surface area contributed by atoms with Crippen LogP contribution >= 0.6 is 19.4 Å². The second-order valence-electron chi connectivity index (χ2n) is 4.41. The number of rotatable bonds is 8. The molecule has 0 amide bonds. The number of fused-ring (bicyclic) bond motifs is 1. The van der Waals surface area contributed by atoms with Crippen LogP contribution in [0.3, 0.4) is 0 Å². The highest BCUT2D eigenvalue weighted by Gasteiger charge is 2.23. The number of hydrogen-bond donors (Lipinski definition) is 0. The van der Waals surface area contributed by atoms with Gasteiger partial charge in [-0.05, 0) is 26.8 Å². The molecule has 0 aliphatic carbocycles. The van der Waals surface area contributed by atoms with Gasteiger partial charge in [-0.1, -0.05) is 0 Å². The fraction of sp³-hybridized carbons (Fsp3) is 0.538. The molecule has 8 heteroatoms. The topological polar surface area (TPSA) is 65.7 Å². The van der Waals surface area contributed by atoms with Crippen LogP contribution in [0.25, 0.3) is 5.65 Å². The fourth-order valence-corrected chi connectivity index (χ4v) is 5.12. The van der Waals surface area contributed by atoms with E-state index in [1.165, 1.54) is 11.8 Å². The van der Waals surface area contributed by atoms with Crippen molar-refractivity contribution in [2.75, 3.05) is 18.7 Å². The van der Waals surface area contributed by atoms with Gasteiger partial charge in [0.1, 0.15) is 0 Å². The summed E-state index contributed by atoms with van der Waals surface area (Å²) in [5, 5.41) is 4.26. The lowest BCUT2D eigenvalue weighted by atomic mass is 10.3. The third-order valence-corrected chi connectivity index (χ3v) is 6.51. The van der Waals surface area contributed by atoms with Gasteiger partial charge >= 0.3 is 7.60 Å². The second-order valence-corrected chi connectivity index (χ2v) is 7.88. The largest absolute Gasteiger partial charge is 0.340 e. The summed E-state index contributed by atoms with van der Waals surface area (Å²) < 4.78 is 24.7. The second kappa shape index (κ2) is 7.40. The predicted molar refractivity (Wildman–Crippen MR) is 84.7 cm³/mol. The molecule has 0 aliphatic rings. The first-order valence-electron chi connectivity index (χ1n) is 6.84. The van der Waals surface area contributed by atoms with Gasteiger partial charge < -0.3 is 9.05 Å². The van der Waals surface area contributed by atoms with Crippen LogP contribution in [0.2, 0.25) is 0 Å². The molecule has 0 aromatic carbocycles. The Labute approximate surface area is 128 Å². The highest BCUT2D eigenvalue weighted by Crippen LogP contribution is 2.51. The van der Waals surface area contributed by atoms with Crippen LogP contribution in [0.1, 0.15) is 25.2 Å². The van der Waals surface area contributed by atoms with Crippen molar-refractivity contribution in [1.82, 2.24) is 14.6 Å². The third kappa shape index (κ3) is 4.30. The summed E-state index contributed by atoms with van der Waals surface area (Å²) in [6, 6.07) is 3.85. The lowest BCUT2D eigenvalue weighted by Gasteiger charge is -2.16. The highest BCUT2D eigenvalue weighted by molar-refractivity contribution is 8.03. The van der Waals surface area contributed by atoms with Crippen LogP contribution in [0.4, 0.5) is 0 Å². The number of aryl methyl sites for hydroxylation is 1. The maximum absolute atomic E-state index is 12.4. The molecule has 0 unspecified atom stereocenters. The molecular formula is C13H20N3O3PS. The number of nitrogens with zero attached hydrogens (tertiary/aromatic N) is 3. The average Bonchev–Trinajstić information content (AvgIpc) is 2.87. The van der Waals surface area contributed by atoms with Gasteiger partial charge in [0.2, 0.25) is 0 Å². The molecule has 0 bridgehead atoms. The van der Waals surface area contributed by atoms with E-state index in [2.05, 4.69) is 10.1 Å². The SMILES string of the molecule is CCOP(=O)(CSCc1cc(C)nc2ccnn12)OCC. The van der Waals surface area contributed by atoms with E-state index in [1.54, 1.807) is 10.7 Å². The maximum Gasteiger partial charge on any atom is 0.340 e. The quantitative estimate of drug-likeness (QED) is 0.691. The van der Waals surface area contributed by atoms with Crippen molar-refractivity contribution >= 4 is 25.0 Å². The van der Waals surface area contributed by atoms with Gasteiger partial charge in [-0.15, -0.1) is 11.8 Å². The first-order valence-corrected chi connectivity index (χ1v) is 9.72. The molecule has 0 saturated heterocycles. The van der Waals surface area contributed by atoms with Gasteiger partial charge in [-0.25, -0.2) is 9.50 Å². The lowest BCUT2D eigenvalue weighted by Crippen LogP contribution is -2.02. The third-order valence-electron chi connectivity index (χ3n) is 2.71. The molecular weight excluding hydrogens is 309 g/mol. The molecule has 2 heterocycles. The first kappa shape index (κ1) is 16.5. The molecule has 0 radical (unpaired) electrons. The standard InChI is InChI=1S/C13H20N3O3PS/c1-4-18-20(17,19-5-2)10-21-9-12-8-11(3)15-13-6-7-14-16(12)13/h6-8H,4-5,9-10H2,1-3H3. The molecule has 2 aromatic rings. The zero-order valence-electron chi connectivity index (χ0n) is 12.5. The molecule has 0 aliphatic heterocycles. The monoisotopic (exact) mass is 329 g/mol. The molecule has 0 spiro atoms. The van der Waals surface area contributed by atoms with Crippen LogP contribution in [0.5, 0.6) is 0 Å². The van der Waals surface area contributed by atoms with E-state index in [4.69, 9.17) is 9.05 Å². The Morgan fingerprint density at radius 3 is 2.71 bits per heavy atom. The van der Waals surface area contributed by atoms with Crippen LogP contribution in [0.15, 0.2) is 18.3 Å². The van der Waals surface area contributed by atoms with E-state index in [9.17, 15) is 4.57 Å². The van der Waals surface area contributed by atoms with Crippen molar-refractivity contribution in [3.05, 3.63) is 29.7 Å². The van der Waals surface area contributed by atoms with Gasteiger partial charge in [0.15, 0.2) is 5.65 Å². The Bertz CT molecular complexity index is 637. The van der Waals surface area contributed by atoms with Crippen molar-refractivity contribution < 1.29 is 13.6 Å². The van der Waals surface area contributed by atoms with Crippen molar-refractivity contribution in [3.63, 3.8) is 0 Å². The lowest BCUT2D eigenvalue weighted by molar-refractivity contribution is 0.224. The summed E-state index contributed by atoms with van der Waals surface area (Å²) in [7, 11) is -3.00. The smallest absolute Gasteiger partial charge is 0.308 e. The van der Waals surface area contributed by atoms with E-state index in [0.29, 0.717) is 24.5 Å². The van der Waals surface area contributed by atoms with Crippen molar-refractivity contribution in [2.24, 2.45) is 0 Å². The molecule has 21 heavy (non-hydrogen) atoms. The van der Waals surface area contributed by atoms with Crippen LogP contribution in [0, 0.1) is 6.92 Å². The molecule has 0 N–H and O–H groups in total. The van der Waals surface area contributed by atoms with Gasteiger partial charge in [-0.3, -0.25) is 4.57 Å². The number of thioether (sulfide) groups is 1. The zero-order valence-corrected chi connectivity index (χ0v) is 14.2. The van der Waals surface area contributed by atoms with Gasteiger partial charge in [0, 0.05) is 17.5 Å².